The van der Waals surface area contributed by atoms with Gasteiger partial charge in [-0.25, -0.2) is 4.98 Å². The normalized spacial score (nSPS) is 10.5. The van der Waals surface area contributed by atoms with E-state index in [9.17, 15) is 4.79 Å². The smallest absolute Gasteiger partial charge is 0.293 e. The molecular weight excluding hydrogens is 336 g/mol. The second-order valence-corrected chi connectivity index (χ2v) is 6.05. The lowest BCUT2D eigenvalue weighted by molar-refractivity contribution is 0.0992. The van der Waals surface area contributed by atoms with E-state index < -0.39 is 0 Å². The van der Waals surface area contributed by atoms with Crippen LogP contribution >= 0.6 is 22.9 Å². The molecule has 0 aliphatic carbocycles. The van der Waals surface area contributed by atoms with Gasteiger partial charge in [-0.15, -0.1) is 11.3 Å². The number of aryl methyl sites for hydroxylation is 1. The number of amides is 1. The van der Waals surface area contributed by atoms with Crippen molar-refractivity contribution < 1.29 is 13.9 Å². The average Bonchev–Trinajstić information content (AvgIpc) is 3.16. The van der Waals surface area contributed by atoms with Crippen molar-refractivity contribution in [2.24, 2.45) is 0 Å². The monoisotopic (exact) mass is 348 g/mol. The molecular formula is C16H13ClN2O3S. The van der Waals surface area contributed by atoms with Crippen molar-refractivity contribution in [1.29, 1.82) is 0 Å². The van der Waals surface area contributed by atoms with Gasteiger partial charge in [0.25, 0.3) is 5.91 Å². The maximum absolute atomic E-state index is 12.1. The first-order valence-corrected chi connectivity index (χ1v) is 8.06. The molecule has 1 N–H and O–H groups in total. The molecule has 0 atom stereocenters. The van der Waals surface area contributed by atoms with Crippen molar-refractivity contribution in [3.63, 3.8) is 0 Å². The maximum atomic E-state index is 12.1. The highest BCUT2D eigenvalue weighted by Crippen LogP contribution is 2.19. The molecule has 118 valence electrons. The summed E-state index contributed by atoms with van der Waals surface area (Å²) in [6.45, 7) is 2.09. The molecule has 0 saturated carbocycles. The van der Waals surface area contributed by atoms with Gasteiger partial charge in [0.2, 0.25) is 0 Å². The van der Waals surface area contributed by atoms with Crippen molar-refractivity contribution in [3.8, 4) is 5.75 Å². The van der Waals surface area contributed by atoms with E-state index in [4.69, 9.17) is 20.8 Å². The number of ether oxygens (including phenoxy) is 1. The molecule has 1 aromatic carbocycles. The van der Waals surface area contributed by atoms with Crippen LogP contribution in [-0.2, 0) is 6.61 Å². The molecule has 0 saturated heterocycles. The first-order valence-electron chi connectivity index (χ1n) is 6.81. The van der Waals surface area contributed by atoms with Gasteiger partial charge in [0, 0.05) is 10.4 Å². The van der Waals surface area contributed by atoms with Gasteiger partial charge in [-0.05, 0) is 43.3 Å². The lowest BCUT2D eigenvalue weighted by Gasteiger charge is -2.03. The van der Waals surface area contributed by atoms with E-state index in [-0.39, 0.29) is 18.3 Å². The van der Waals surface area contributed by atoms with E-state index in [1.165, 1.54) is 11.3 Å². The number of benzene rings is 1. The van der Waals surface area contributed by atoms with Gasteiger partial charge in [0.15, 0.2) is 10.9 Å². The Hall–Kier alpha value is -2.31. The highest BCUT2D eigenvalue weighted by molar-refractivity contribution is 7.13. The molecule has 7 heteroatoms. The van der Waals surface area contributed by atoms with Gasteiger partial charge in [0.05, 0.1) is 5.69 Å². The molecule has 3 rings (SSSR count). The number of halogens is 1. The average molecular weight is 349 g/mol. The quantitative estimate of drug-likeness (QED) is 0.735. The first-order chi connectivity index (χ1) is 11.1. The summed E-state index contributed by atoms with van der Waals surface area (Å²) in [5, 5.41) is 5.75. The van der Waals surface area contributed by atoms with E-state index in [0.29, 0.717) is 21.7 Å². The minimum Gasteiger partial charge on any atom is -0.486 e. The van der Waals surface area contributed by atoms with Crippen molar-refractivity contribution >= 4 is 34.0 Å². The lowest BCUT2D eigenvalue weighted by atomic mass is 10.3. The van der Waals surface area contributed by atoms with Gasteiger partial charge < -0.3 is 9.15 Å². The molecule has 23 heavy (non-hydrogen) atoms. The van der Waals surface area contributed by atoms with Gasteiger partial charge in [-0.3, -0.25) is 10.1 Å². The third-order valence-electron chi connectivity index (χ3n) is 2.92. The van der Waals surface area contributed by atoms with Gasteiger partial charge in [-0.2, -0.15) is 0 Å². The summed E-state index contributed by atoms with van der Waals surface area (Å²) in [6.07, 6.45) is 0. The summed E-state index contributed by atoms with van der Waals surface area (Å²) in [5.41, 5.74) is 0.863. The standard InChI is InChI=1S/C16H13ClN2O3S/c1-10-9-23-16(18-10)19-15(20)14-7-6-13(22-14)8-21-12-4-2-11(17)3-5-12/h2-7,9H,8H2,1H3,(H,18,19,20). The number of hydrogen-bond donors (Lipinski definition) is 1. The molecule has 0 bridgehead atoms. The molecule has 5 nitrogen and oxygen atoms in total. The Morgan fingerprint density at radius 2 is 2.09 bits per heavy atom. The number of nitrogens with one attached hydrogen (secondary N) is 1. The SMILES string of the molecule is Cc1csc(NC(=O)c2ccc(COc3ccc(Cl)cc3)o2)n1. The molecule has 2 heterocycles. The topological polar surface area (TPSA) is 64.4 Å². The van der Waals surface area contributed by atoms with Crippen LogP contribution in [0.5, 0.6) is 5.75 Å². The van der Waals surface area contributed by atoms with Gasteiger partial charge in [-0.1, -0.05) is 11.6 Å². The largest absolute Gasteiger partial charge is 0.486 e. The van der Waals surface area contributed by atoms with Crippen LogP contribution in [0, 0.1) is 6.92 Å². The molecule has 0 aliphatic heterocycles. The zero-order chi connectivity index (χ0) is 16.2. The molecule has 0 fully saturated rings. The zero-order valence-electron chi connectivity index (χ0n) is 12.2. The fourth-order valence-corrected chi connectivity index (χ4v) is 2.64. The van der Waals surface area contributed by atoms with Crippen molar-refractivity contribution in [1.82, 2.24) is 4.98 Å². The van der Waals surface area contributed by atoms with E-state index in [0.717, 1.165) is 5.69 Å². The summed E-state index contributed by atoms with van der Waals surface area (Å²) >= 11 is 7.18. The van der Waals surface area contributed by atoms with Crippen LogP contribution in [0.15, 0.2) is 46.2 Å². The Labute approximate surface area is 141 Å². The van der Waals surface area contributed by atoms with Crippen LogP contribution in [0.2, 0.25) is 5.02 Å². The Kier molecular flexibility index (Phi) is 4.64. The number of furan rings is 1. The summed E-state index contributed by atoms with van der Waals surface area (Å²) in [6, 6.07) is 10.3. The molecule has 0 aliphatic rings. The third-order valence-corrected chi connectivity index (χ3v) is 4.05. The van der Waals surface area contributed by atoms with Crippen LogP contribution in [0.25, 0.3) is 0 Å². The predicted molar refractivity (Wildman–Crippen MR) is 89.3 cm³/mol. The van der Waals surface area contributed by atoms with Gasteiger partial charge >= 0.3 is 0 Å². The predicted octanol–water partition coefficient (Wildman–Crippen LogP) is 4.53. The van der Waals surface area contributed by atoms with E-state index in [2.05, 4.69) is 10.3 Å². The zero-order valence-corrected chi connectivity index (χ0v) is 13.8. The number of aromatic nitrogens is 1. The van der Waals surface area contributed by atoms with Crippen molar-refractivity contribution in [2.45, 2.75) is 13.5 Å². The number of nitrogens with zero attached hydrogens (tertiary/aromatic N) is 1. The maximum Gasteiger partial charge on any atom is 0.293 e. The molecule has 0 radical (unpaired) electrons. The van der Waals surface area contributed by atoms with Crippen LogP contribution < -0.4 is 10.1 Å². The summed E-state index contributed by atoms with van der Waals surface area (Å²) in [4.78, 5) is 16.2. The Balaban J connectivity index is 1.59. The molecule has 3 aromatic rings. The van der Waals surface area contributed by atoms with Crippen molar-refractivity contribution in [2.75, 3.05) is 5.32 Å². The highest BCUT2D eigenvalue weighted by atomic mass is 35.5. The highest BCUT2D eigenvalue weighted by Gasteiger charge is 2.13. The fraction of sp³-hybridized carbons (Fsp3) is 0.125. The summed E-state index contributed by atoms with van der Waals surface area (Å²) in [7, 11) is 0. The van der Waals surface area contributed by atoms with Crippen LogP contribution in [0.1, 0.15) is 22.0 Å². The second-order valence-electron chi connectivity index (χ2n) is 4.76. The minimum absolute atomic E-state index is 0.215. The lowest BCUT2D eigenvalue weighted by Crippen LogP contribution is -2.10. The molecule has 0 unspecified atom stereocenters. The van der Waals surface area contributed by atoms with E-state index in [1.54, 1.807) is 36.4 Å². The fourth-order valence-electron chi connectivity index (χ4n) is 1.83. The number of thiazole rings is 1. The van der Waals surface area contributed by atoms with Crippen LogP contribution in [0.4, 0.5) is 5.13 Å². The van der Waals surface area contributed by atoms with E-state index >= 15 is 0 Å². The number of carbonyl (C=O) groups is 1. The number of carbonyl (C=O) groups excluding carboxylic acids is 1. The second kappa shape index (κ2) is 6.85. The Bertz CT molecular complexity index is 811. The van der Waals surface area contributed by atoms with E-state index in [1.807, 2.05) is 12.3 Å². The summed E-state index contributed by atoms with van der Waals surface area (Å²) in [5.74, 6) is 1.11. The van der Waals surface area contributed by atoms with Gasteiger partial charge in [0.1, 0.15) is 18.1 Å². The van der Waals surface area contributed by atoms with Crippen molar-refractivity contribution in [3.05, 3.63) is 64.0 Å². The molecule has 2 aromatic heterocycles. The number of rotatable bonds is 5. The third kappa shape index (κ3) is 4.12. The number of anilines is 1. The number of hydrogen-bond acceptors (Lipinski definition) is 5. The van der Waals surface area contributed by atoms with Crippen LogP contribution in [-0.4, -0.2) is 10.9 Å². The molecule has 1 amide bonds. The Morgan fingerprint density at radius 1 is 1.30 bits per heavy atom. The summed E-state index contributed by atoms with van der Waals surface area (Å²) < 4.78 is 11.1. The van der Waals surface area contributed by atoms with Crippen LogP contribution in [0.3, 0.4) is 0 Å². The minimum atomic E-state index is -0.336. The molecule has 0 spiro atoms. The first kappa shape index (κ1) is 15.6. The Morgan fingerprint density at radius 3 is 2.78 bits per heavy atom.